The molecule has 4 aromatic rings. The second kappa shape index (κ2) is 10.2. The van der Waals surface area contributed by atoms with Crippen LogP contribution in [0, 0.1) is 13.8 Å². The summed E-state index contributed by atoms with van der Waals surface area (Å²) in [5.41, 5.74) is 3.99. The second-order valence-corrected chi connectivity index (χ2v) is 8.28. The molecule has 32 heavy (non-hydrogen) atoms. The van der Waals surface area contributed by atoms with E-state index in [1.54, 1.807) is 0 Å². The number of ether oxygens (including phenoxy) is 1. The van der Waals surface area contributed by atoms with Crippen molar-refractivity contribution < 1.29 is 9.53 Å². The number of benzene rings is 3. The summed E-state index contributed by atoms with van der Waals surface area (Å²) in [7, 11) is 0. The summed E-state index contributed by atoms with van der Waals surface area (Å²) in [6.45, 7) is 4.45. The molecule has 0 radical (unpaired) electrons. The SMILES string of the molecule is Cc1ccc(-n2c(C)nnc2SCC(=O)Nc2ccc(OCc3ccccc3)cc2)cc1. The van der Waals surface area contributed by atoms with Crippen LogP contribution in [0.25, 0.3) is 5.69 Å². The number of hydrogen-bond acceptors (Lipinski definition) is 5. The van der Waals surface area contributed by atoms with Gasteiger partial charge in [0.1, 0.15) is 18.2 Å². The third kappa shape index (κ3) is 5.56. The Morgan fingerprint density at radius 1 is 0.938 bits per heavy atom. The first-order valence-corrected chi connectivity index (χ1v) is 11.3. The summed E-state index contributed by atoms with van der Waals surface area (Å²) in [5, 5.41) is 12.0. The van der Waals surface area contributed by atoms with Gasteiger partial charge in [-0.05, 0) is 55.8 Å². The van der Waals surface area contributed by atoms with Crippen molar-refractivity contribution in [2.24, 2.45) is 0 Å². The predicted molar refractivity (Wildman–Crippen MR) is 127 cm³/mol. The Morgan fingerprint density at radius 2 is 1.66 bits per heavy atom. The fraction of sp³-hybridized carbons (Fsp3) is 0.160. The highest BCUT2D eigenvalue weighted by atomic mass is 32.2. The molecule has 0 atom stereocenters. The fourth-order valence-electron chi connectivity index (χ4n) is 3.13. The molecule has 4 rings (SSSR count). The van der Waals surface area contributed by atoms with Gasteiger partial charge in [-0.1, -0.05) is 59.8 Å². The monoisotopic (exact) mass is 444 g/mol. The first kappa shape index (κ1) is 21.6. The van der Waals surface area contributed by atoms with Crippen LogP contribution >= 0.6 is 11.8 Å². The Hall–Kier alpha value is -3.58. The normalized spacial score (nSPS) is 10.7. The topological polar surface area (TPSA) is 69.0 Å². The number of carbonyl (C=O) groups is 1. The van der Waals surface area contributed by atoms with Gasteiger partial charge in [-0.3, -0.25) is 9.36 Å². The van der Waals surface area contributed by atoms with Gasteiger partial charge in [0, 0.05) is 11.4 Å². The van der Waals surface area contributed by atoms with E-state index < -0.39 is 0 Å². The van der Waals surface area contributed by atoms with Crippen molar-refractivity contribution in [1.29, 1.82) is 0 Å². The number of amides is 1. The summed E-state index contributed by atoms with van der Waals surface area (Å²) in [5.74, 6) is 1.66. The van der Waals surface area contributed by atoms with E-state index in [0.717, 1.165) is 28.5 Å². The molecule has 1 N–H and O–H groups in total. The summed E-state index contributed by atoms with van der Waals surface area (Å²) in [4.78, 5) is 12.5. The molecule has 0 aliphatic heterocycles. The van der Waals surface area contributed by atoms with Gasteiger partial charge in [-0.2, -0.15) is 0 Å². The van der Waals surface area contributed by atoms with E-state index >= 15 is 0 Å². The molecule has 1 aromatic heterocycles. The van der Waals surface area contributed by atoms with E-state index in [1.807, 2.05) is 97.3 Å². The minimum Gasteiger partial charge on any atom is -0.489 e. The number of aryl methyl sites for hydroxylation is 2. The zero-order valence-corrected chi connectivity index (χ0v) is 18.8. The van der Waals surface area contributed by atoms with Crippen molar-refractivity contribution in [3.8, 4) is 11.4 Å². The van der Waals surface area contributed by atoms with Crippen LogP contribution in [-0.4, -0.2) is 26.4 Å². The Labute approximate surface area is 191 Å². The van der Waals surface area contributed by atoms with Gasteiger partial charge in [0.2, 0.25) is 5.91 Å². The molecule has 0 aliphatic rings. The van der Waals surface area contributed by atoms with E-state index in [9.17, 15) is 4.79 Å². The standard InChI is InChI=1S/C25H24N4O2S/c1-18-8-12-22(13-9-18)29-19(2)27-28-25(29)32-17-24(30)26-21-10-14-23(15-11-21)31-16-20-6-4-3-5-7-20/h3-15H,16-17H2,1-2H3,(H,26,30). The molecule has 7 heteroatoms. The quantitative estimate of drug-likeness (QED) is 0.379. The van der Waals surface area contributed by atoms with Gasteiger partial charge in [0.25, 0.3) is 0 Å². The number of anilines is 1. The Morgan fingerprint density at radius 3 is 2.38 bits per heavy atom. The largest absolute Gasteiger partial charge is 0.489 e. The second-order valence-electron chi connectivity index (χ2n) is 7.34. The predicted octanol–water partition coefficient (Wildman–Crippen LogP) is 5.19. The summed E-state index contributed by atoms with van der Waals surface area (Å²) in [6.07, 6.45) is 0. The van der Waals surface area contributed by atoms with Crippen molar-refractivity contribution >= 4 is 23.4 Å². The van der Waals surface area contributed by atoms with E-state index in [4.69, 9.17) is 4.74 Å². The molecule has 0 saturated carbocycles. The van der Waals surface area contributed by atoms with Gasteiger partial charge in [0.05, 0.1) is 5.75 Å². The molecule has 0 bridgehead atoms. The van der Waals surface area contributed by atoms with Gasteiger partial charge in [-0.15, -0.1) is 10.2 Å². The molecular formula is C25H24N4O2S. The number of nitrogens with zero attached hydrogens (tertiary/aromatic N) is 3. The Bertz CT molecular complexity index is 1170. The average molecular weight is 445 g/mol. The first-order chi connectivity index (χ1) is 15.6. The summed E-state index contributed by atoms with van der Waals surface area (Å²) < 4.78 is 7.74. The lowest BCUT2D eigenvalue weighted by atomic mass is 10.2. The molecular weight excluding hydrogens is 420 g/mol. The molecule has 0 spiro atoms. The molecule has 1 amide bonds. The lowest BCUT2D eigenvalue weighted by molar-refractivity contribution is -0.113. The molecule has 0 aliphatic carbocycles. The van der Waals surface area contributed by atoms with Gasteiger partial charge in [0.15, 0.2) is 5.16 Å². The highest BCUT2D eigenvalue weighted by Crippen LogP contribution is 2.23. The van der Waals surface area contributed by atoms with Crippen LogP contribution in [0.3, 0.4) is 0 Å². The maximum Gasteiger partial charge on any atom is 0.234 e. The highest BCUT2D eigenvalue weighted by Gasteiger charge is 2.13. The third-order valence-corrected chi connectivity index (χ3v) is 5.74. The van der Waals surface area contributed by atoms with Gasteiger partial charge >= 0.3 is 0 Å². The maximum absolute atomic E-state index is 12.5. The number of nitrogens with one attached hydrogen (secondary N) is 1. The zero-order valence-electron chi connectivity index (χ0n) is 18.0. The van der Waals surface area contributed by atoms with Crippen LogP contribution in [-0.2, 0) is 11.4 Å². The molecule has 0 unspecified atom stereocenters. The van der Waals surface area contributed by atoms with E-state index in [0.29, 0.717) is 11.8 Å². The zero-order chi connectivity index (χ0) is 22.3. The van der Waals surface area contributed by atoms with Gasteiger partial charge < -0.3 is 10.1 Å². The maximum atomic E-state index is 12.5. The average Bonchev–Trinajstić information content (AvgIpc) is 3.19. The molecule has 0 fully saturated rings. The van der Waals surface area contributed by atoms with Crippen LogP contribution in [0.2, 0.25) is 0 Å². The molecule has 6 nitrogen and oxygen atoms in total. The van der Waals surface area contributed by atoms with Crippen LogP contribution in [0.1, 0.15) is 17.0 Å². The van der Waals surface area contributed by atoms with Crippen molar-refractivity contribution in [3.05, 3.63) is 95.8 Å². The van der Waals surface area contributed by atoms with Crippen molar-refractivity contribution in [2.75, 3.05) is 11.1 Å². The molecule has 3 aromatic carbocycles. The lowest BCUT2D eigenvalue weighted by Crippen LogP contribution is -2.14. The first-order valence-electron chi connectivity index (χ1n) is 10.3. The Balaban J connectivity index is 1.31. The number of aromatic nitrogens is 3. The van der Waals surface area contributed by atoms with Gasteiger partial charge in [-0.25, -0.2) is 0 Å². The number of hydrogen-bond donors (Lipinski definition) is 1. The fourth-order valence-corrected chi connectivity index (χ4v) is 3.93. The minimum atomic E-state index is -0.107. The molecule has 1 heterocycles. The van der Waals surface area contributed by atoms with Crippen LogP contribution in [0.4, 0.5) is 5.69 Å². The third-order valence-electron chi connectivity index (χ3n) is 4.81. The molecule has 162 valence electrons. The van der Waals surface area contributed by atoms with Crippen molar-refractivity contribution in [2.45, 2.75) is 25.6 Å². The Kier molecular flexibility index (Phi) is 6.87. The number of thioether (sulfide) groups is 1. The van der Waals surface area contributed by atoms with Crippen LogP contribution in [0.15, 0.2) is 84.0 Å². The highest BCUT2D eigenvalue weighted by molar-refractivity contribution is 7.99. The van der Waals surface area contributed by atoms with Crippen molar-refractivity contribution in [3.63, 3.8) is 0 Å². The van der Waals surface area contributed by atoms with E-state index in [1.165, 1.54) is 17.3 Å². The smallest absolute Gasteiger partial charge is 0.234 e. The van der Waals surface area contributed by atoms with Crippen LogP contribution < -0.4 is 10.1 Å². The number of rotatable bonds is 8. The summed E-state index contributed by atoms with van der Waals surface area (Å²) >= 11 is 1.36. The van der Waals surface area contributed by atoms with E-state index in [2.05, 4.69) is 15.5 Å². The summed E-state index contributed by atoms with van der Waals surface area (Å²) in [6, 6.07) is 25.5. The van der Waals surface area contributed by atoms with Crippen molar-refractivity contribution in [1.82, 2.24) is 14.8 Å². The number of carbonyl (C=O) groups excluding carboxylic acids is 1. The lowest BCUT2D eigenvalue weighted by Gasteiger charge is -2.10. The minimum absolute atomic E-state index is 0.107. The molecule has 0 saturated heterocycles. The van der Waals surface area contributed by atoms with E-state index in [-0.39, 0.29) is 11.7 Å². The van der Waals surface area contributed by atoms with Crippen LogP contribution in [0.5, 0.6) is 5.75 Å².